The number of hydrogen-bond acceptors (Lipinski definition) is 3. The van der Waals surface area contributed by atoms with E-state index in [2.05, 4.69) is 11.4 Å². The van der Waals surface area contributed by atoms with Crippen molar-refractivity contribution in [2.75, 3.05) is 5.75 Å². The van der Waals surface area contributed by atoms with E-state index in [1.54, 1.807) is 12.1 Å². The molecule has 0 aromatic heterocycles. The largest absolute Gasteiger partial charge is 0.349 e. The normalized spacial score (nSPS) is 16.9. The molecule has 0 aliphatic heterocycles. The predicted molar refractivity (Wildman–Crippen MR) is 98.4 cm³/mol. The monoisotopic (exact) mass is 377 g/mol. The van der Waals surface area contributed by atoms with Gasteiger partial charge in [-0.15, -0.1) is 0 Å². The van der Waals surface area contributed by atoms with Gasteiger partial charge in [0.2, 0.25) is 5.91 Å². The number of rotatable bonds is 5. The zero-order chi connectivity index (χ0) is 17.9. The molecule has 4 nitrogen and oxygen atoms in total. The molecule has 1 aliphatic rings. The van der Waals surface area contributed by atoms with E-state index in [4.69, 9.17) is 11.6 Å². The lowest BCUT2D eigenvalue weighted by atomic mass is 9.88. The molecule has 132 valence electrons. The van der Waals surface area contributed by atoms with E-state index in [0.29, 0.717) is 0 Å². The maximum atomic E-state index is 12.4. The van der Waals surface area contributed by atoms with Crippen LogP contribution in [0.5, 0.6) is 0 Å². The molecule has 0 saturated carbocycles. The Morgan fingerprint density at radius 1 is 1.12 bits per heavy atom. The second-order valence-corrected chi connectivity index (χ2v) is 8.70. The average molecular weight is 378 g/mol. The Hall–Kier alpha value is -1.85. The molecule has 1 aliphatic carbocycles. The Morgan fingerprint density at radius 2 is 1.84 bits per heavy atom. The van der Waals surface area contributed by atoms with Crippen molar-refractivity contribution in [2.45, 2.75) is 36.6 Å². The minimum absolute atomic E-state index is 0.0412. The van der Waals surface area contributed by atoms with Crippen LogP contribution in [0.1, 0.15) is 36.4 Å². The first kappa shape index (κ1) is 18.0. The van der Waals surface area contributed by atoms with Crippen molar-refractivity contribution < 1.29 is 13.2 Å². The Bertz CT molecular complexity index is 880. The number of carbonyl (C=O) groups is 1. The van der Waals surface area contributed by atoms with E-state index in [-0.39, 0.29) is 34.0 Å². The fourth-order valence-electron chi connectivity index (χ4n) is 3.20. The van der Waals surface area contributed by atoms with Gasteiger partial charge in [0.1, 0.15) is 0 Å². The van der Waals surface area contributed by atoms with Gasteiger partial charge in [-0.3, -0.25) is 4.79 Å². The van der Waals surface area contributed by atoms with Crippen LogP contribution in [0, 0.1) is 0 Å². The SMILES string of the molecule is O=C(CCS(=O)(=O)c1ccccc1Cl)N[C@@H]1CCCc2ccccc21. The summed E-state index contributed by atoms with van der Waals surface area (Å²) in [6, 6.07) is 14.3. The van der Waals surface area contributed by atoms with Crippen molar-refractivity contribution in [1.29, 1.82) is 0 Å². The van der Waals surface area contributed by atoms with E-state index in [9.17, 15) is 13.2 Å². The molecule has 1 amide bonds. The van der Waals surface area contributed by atoms with Crippen molar-refractivity contribution in [3.05, 3.63) is 64.7 Å². The molecular weight excluding hydrogens is 358 g/mol. The first-order valence-corrected chi connectivity index (χ1v) is 10.3. The minimum atomic E-state index is -3.58. The lowest BCUT2D eigenvalue weighted by molar-refractivity contribution is -0.121. The van der Waals surface area contributed by atoms with Gasteiger partial charge < -0.3 is 5.32 Å². The van der Waals surface area contributed by atoms with Crippen LogP contribution in [0.25, 0.3) is 0 Å². The molecule has 0 saturated heterocycles. The molecule has 2 aromatic carbocycles. The molecule has 6 heteroatoms. The van der Waals surface area contributed by atoms with E-state index in [1.165, 1.54) is 17.7 Å². The van der Waals surface area contributed by atoms with Gasteiger partial charge >= 0.3 is 0 Å². The number of amides is 1. The second-order valence-electron chi connectivity index (χ2n) is 6.21. The van der Waals surface area contributed by atoms with Gasteiger partial charge in [0.25, 0.3) is 0 Å². The number of sulfone groups is 1. The number of carbonyl (C=O) groups excluding carboxylic acids is 1. The summed E-state index contributed by atoms with van der Waals surface area (Å²) in [5.41, 5.74) is 2.39. The van der Waals surface area contributed by atoms with Crippen LogP contribution in [0.3, 0.4) is 0 Å². The standard InChI is InChI=1S/C19H20ClNO3S/c20-16-9-3-4-11-18(16)25(23,24)13-12-19(22)21-17-10-5-7-14-6-1-2-8-15(14)17/h1-4,6,8-9,11,17H,5,7,10,12-13H2,(H,21,22)/t17-/m1/s1. The topological polar surface area (TPSA) is 63.2 Å². The Balaban J connectivity index is 1.64. The number of halogens is 1. The van der Waals surface area contributed by atoms with Gasteiger partial charge in [-0.05, 0) is 42.5 Å². The van der Waals surface area contributed by atoms with Gasteiger partial charge in [-0.25, -0.2) is 8.42 Å². The van der Waals surface area contributed by atoms with Gasteiger partial charge in [0.15, 0.2) is 9.84 Å². The van der Waals surface area contributed by atoms with Crippen LogP contribution in [0.2, 0.25) is 5.02 Å². The smallest absolute Gasteiger partial charge is 0.221 e. The molecule has 0 fully saturated rings. The van der Waals surface area contributed by atoms with Gasteiger partial charge in [0, 0.05) is 6.42 Å². The van der Waals surface area contributed by atoms with Gasteiger partial charge in [-0.1, -0.05) is 48.0 Å². The van der Waals surface area contributed by atoms with E-state index in [1.807, 2.05) is 18.2 Å². The van der Waals surface area contributed by atoms with Crippen molar-refractivity contribution in [1.82, 2.24) is 5.32 Å². The third-order valence-electron chi connectivity index (χ3n) is 4.47. The summed E-state index contributed by atoms with van der Waals surface area (Å²) in [5.74, 6) is -0.506. The zero-order valence-corrected chi connectivity index (χ0v) is 15.3. The van der Waals surface area contributed by atoms with E-state index >= 15 is 0 Å². The van der Waals surface area contributed by atoms with Crippen molar-refractivity contribution >= 4 is 27.3 Å². The Morgan fingerprint density at radius 3 is 2.64 bits per heavy atom. The minimum Gasteiger partial charge on any atom is -0.349 e. The van der Waals surface area contributed by atoms with Crippen LogP contribution in [-0.4, -0.2) is 20.1 Å². The van der Waals surface area contributed by atoms with Crippen molar-refractivity contribution in [3.8, 4) is 0 Å². The predicted octanol–water partition coefficient (Wildman–Crippen LogP) is 3.70. The molecule has 1 N–H and O–H groups in total. The highest BCUT2D eigenvalue weighted by Crippen LogP contribution is 2.29. The molecule has 3 rings (SSSR count). The Kier molecular flexibility index (Phi) is 5.45. The summed E-state index contributed by atoms with van der Waals surface area (Å²) in [5, 5.41) is 3.16. The highest BCUT2D eigenvalue weighted by molar-refractivity contribution is 7.91. The number of fused-ring (bicyclic) bond motifs is 1. The second kappa shape index (κ2) is 7.58. The summed E-state index contributed by atoms with van der Waals surface area (Å²) in [6.07, 6.45) is 2.83. The van der Waals surface area contributed by atoms with Crippen molar-refractivity contribution in [3.63, 3.8) is 0 Å². The molecule has 0 radical (unpaired) electrons. The fourth-order valence-corrected chi connectivity index (χ4v) is 5.02. The lowest BCUT2D eigenvalue weighted by Crippen LogP contribution is -2.32. The highest BCUT2D eigenvalue weighted by atomic mass is 35.5. The van der Waals surface area contributed by atoms with Crippen LogP contribution in [0.4, 0.5) is 0 Å². The molecule has 0 bridgehead atoms. The zero-order valence-electron chi connectivity index (χ0n) is 13.7. The molecule has 2 aromatic rings. The summed E-state index contributed by atoms with van der Waals surface area (Å²) < 4.78 is 24.8. The van der Waals surface area contributed by atoms with E-state index < -0.39 is 9.84 Å². The first-order chi connectivity index (χ1) is 12.0. The number of hydrogen-bond donors (Lipinski definition) is 1. The highest BCUT2D eigenvalue weighted by Gasteiger charge is 2.23. The fraction of sp³-hybridized carbons (Fsp3) is 0.316. The number of aryl methyl sites for hydroxylation is 1. The third-order valence-corrected chi connectivity index (χ3v) is 6.68. The quantitative estimate of drug-likeness (QED) is 0.864. The first-order valence-electron chi connectivity index (χ1n) is 8.32. The van der Waals surface area contributed by atoms with Gasteiger partial charge in [0.05, 0.1) is 21.7 Å². The maximum absolute atomic E-state index is 12.4. The molecular formula is C19H20ClNO3S. The van der Waals surface area contributed by atoms with Crippen molar-refractivity contribution in [2.24, 2.45) is 0 Å². The summed E-state index contributed by atoms with van der Waals surface area (Å²) >= 11 is 5.96. The lowest BCUT2D eigenvalue weighted by Gasteiger charge is -2.26. The van der Waals surface area contributed by atoms with Crippen LogP contribution in [-0.2, 0) is 21.1 Å². The Labute approximate surface area is 153 Å². The molecule has 0 spiro atoms. The molecule has 0 unspecified atom stereocenters. The summed E-state index contributed by atoms with van der Waals surface area (Å²) in [7, 11) is -3.58. The average Bonchev–Trinajstić information content (AvgIpc) is 2.61. The van der Waals surface area contributed by atoms with Crippen LogP contribution >= 0.6 is 11.6 Å². The maximum Gasteiger partial charge on any atom is 0.221 e. The molecule has 1 atom stereocenters. The summed E-state index contributed by atoms with van der Waals surface area (Å²) in [4.78, 5) is 12.4. The number of nitrogens with one attached hydrogen (secondary N) is 1. The van der Waals surface area contributed by atoms with E-state index in [0.717, 1.165) is 24.8 Å². The summed E-state index contributed by atoms with van der Waals surface area (Å²) in [6.45, 7) is 0. The van der Waals surface area contributed by atoms with Crippen LogP contribution < -0.4 is 5.32 Å². The van der Waals surface area contributed by atoms with Crippen LogP contribution in [0.15, 0.2) is 53.4 Å². The molecule has 0 heterocycles. The molecule has 25 heavy (non-hydrogen) atoms. The number of benzene rings is 2. The van der Waals surface area contributed by atoms with Gasteiger partial charge in [-0.2, -0.15) is 0 Å². The third kappa shape index (κ3) is 4.22.